The van der Waals surface area contributed by atoms with E-state index in [9.17, 15) is 9.18 Å². The Morgan fingerprint density at radius 3 is 2.79 bits per heavy atom. The summed E-state index contributed by atoms with van der Waals surface area (Å²) in [6.07, 6.45) is 6.39. The Morgan fingerprint density at radius 1 is 1.18 bits per heavy atom. The van der Waals surface area contributed by atoms with Gasteiger partial charge in [0.25, 0.3) is 0 Å². The molecule has 8 heteroatoms. The van der Waals surface area contributed by atoms with Crippen LogP contribution in [0.4, 0.5) is 4.39 Å². The number of nitrogens with zero attached hydrogens (tertiary/aromatic N) is 5. The number of piperidine rings is 1. The summed E-state index contributed by atoms with van der Waals surface area (Å²) in [7, 11) is 0. The zero-order valence-corrected chi connectivity index (χ0v) is 17.9. The van der Waals surface area contributed by atoms with Crippen molar-refractivity contribution >= 4 is 16.9 Å². The van der Waals surface area contributed by atoms with Crippen LogP contribution < -0.4 is 4.74 Å². The predicted molar refractivity (Wildman–Crippen MR) is 122 cm³/mol. The number of rotatable bonds is 5. The van der Waals surface area contributed by atoms with Crippen LogP contribution in [0.3, 0.4) is 0 Å². The maximum atomic E-state index is 13.9. The molecule has 2 aromatic heterocycles. The molecule has 2 aromatic carbocycles. The van der Waals surface area contributed by atoms with E-state index < -0.39 is 5.82 Å². The fourth-order valence-corrected chi connectivity index (χ4v) is 4.17. The molecule has 3 heterocycles. The highest BCUT2D eigenvalue weighted by Gasteiger charge is 2.27. The number of benzene rings is 2. The van der Waals surface area contributed by atoms with Crippen LogP contribution in [-0.2, 0) is 4.79 Å². The molecule has 1 amide bonds. The molecule has 1 aliphatic heterocycles. The first kappa shape index (κ1) is 20.8. The number of halogens is 1. The highest BCUT2D eigenvalue weighted by atomic mass is 19.1. The van der Waals surface area contributed by atoms with Crippen LogP contribution in [0.2, 0.25) is 0 Å². The number of ether oxygens (including phenoxy) is 1. The molecule has 0 radical (unpaired) electrons. The standard InChI is InChI=1S/C25H22FN5O2/c1-2-23(32)30-13-5-6-18(15-30)31-25-20(14-27-16-28-25)24(29-31)17-9-11-19(12-10-17)33-22-8-4-3-7-21(22)26/h2-4,7-12,14,16,18H,1,5-6,13,15H2/t18-/m0/s1. The first-order chi connectivity index (χ1) is 16.1. The van der Waals surface area contributed by atoms with Gasteiger partial charge in [-0.05, 0) is 55.3 Å². The van der Waals surface area contributed by atoms with E-state index in [-0.39, 0.29) is 17.7 Å². The van der Waals surface area contributed by atoms with E-state index in [0.29, 0.717) is 18.8 Å². The summed E-state index contributed by atoms with van der Waals surface area (Å²) in [5.74, 6) is 0.204. The third kappa shape index (κ3) is 4.07. The highest BCUT2D eigenvalue weighted by Crippen LogP contribution is 2.33. The van der Waals surface area contributed by atoms with Gasteiger partial charge in [0.2, 0.25) is 5.91 Å². The monoisotopic (exact) mass is 443 g/mol. The average Bonchev–Trinajstić information content (AvgIpc) is 3.25. The molecular formula is C25H22FN5O2. The summed E-state index contributed by atoms with van der Waals surface area (Å²) in [6, 6.07) is 13.6. The number of para-hydroxylation sites is 1. The number of carbonyl (C=O) groups excluding carboxylic acids is 1. The van der Waals surface area contributed by atoms with Gasteiger partial charge in [0, 0.05) is 24.8 Å². The van der Waals surface area contributed by atoms with Gasteiger partial charge in [0.05, 0.1) is 11.4 Å². The van der Waals surface area contributed by atoms with Crippen molar-refractivity contribution in [2.24, 2.45) is 0 Å². The van der Waals surface area contributed by atoms with Gasteiger partial charge in [0.15, 0.2) is 17.2 Å². The number of likely N-dealkylation sites (tertiary alicyclic amines) is 1. The molecule has 0 aliphatic carbocycles. The van der Waals surface area contributed by atoms with Crippen molar-refractivity contribution in [1.82, 2.24) is 24.6 Å². The van der Waals surface area contributed by atoms with Crippen molar-refractivity contribution < 1.29 is 13.9 Å². The molecular weight excluding hydrogens is 421 g/mol. The van der Waals surface area contributed by atoms with Crippen LogP contribution in [0.25, 0.3) is 22.3 Å². The van der Waals surface area contributed by atoms with Crippen molar-refractivity contribution in [1.29, 1.82) is 0 Å². The molecule has 33 heavy (non-hydrogen) atoms. The summed E-state index contributed by atoms with van der Waals surface area (Å²) >= 11 is 0. The number of fused-ring (bicyclic) bond motifs is 1. The third-order valence-corrected chi connectivity index (χ3v) is 5.79. The second-order valence-electron chi connectivity index (χ2n) is 7.89. The van der Waals surface area contributed by atoms with Gasteiger partial charge in [-0.2, -0.15) is 5.10 Å². The molecule has 0 spiro atoms. The number of hydrogen-bond donors (Lipinski definition) is 0. The highest BCUT2D eigenvalue weighted by molar-refractivity contribution is 5.90. The molecule has 0 N–H and O–H groups in total. The van der Waals surface area contributed by atoms with Crippen molar-refractivity contribution in [3.63, 3.8) is 0 Å². The maximum Gasteiger partial charge on any atom is 0.246 e. The Kier molecular flexibility index (Phi) is 5.56. The Bertz CT molecular complexity index is 1320. The fourth-order valence-electron chi connectivity index (χ4n) is 4.17. The molecule has 1 saturated heterocycles. The maximum absolute atomic E-state index is 13.9. The van der Waals surface area contributed by atoms with Crippen LogP contribution in [0.15, 0.2) is 73.7 Å². The van der Waals surface area contributed by atoms with Gasteiger partial charge >= 0.3 is 0 Å². The lowest BCUT2D eigenvalue weighted by atomic mass is 10.1. The Hall–Kier alpha value is -4.07. The van der Waals surface area contributed by atoms with E-state index in [1.165, 1.54) is 18.5 Å². The van der Waals surface area contributed by atoms with Crippen molar-refractivity contribution in [2.75, 3.05) is 13.1 Å². The van der Waals surface area contributed by atoms with Gasteiger partial charge in [-0.3, -0.25) is 4.79 Å². The molecule has 1 aliphatic rings. The minimum Gasteiger partial charge on any atom is -0.454 e. The first-order valence-electron chi connectivity index (χ1n) is 10.8. The topological polar surface area (TPSA) is 73.1 Å². The van der Waals surface area contributed by atoms with E-state index in [1.54, 1.807) is 41.4 Å². The van der Waals surface area contributed by atoms with Crippen LogP contribution >= 0.6 is 0 Å². The van der Waals surface area contributed by atoms with E-state index in [4.69, 9.17) is 9.84 Å². The van der Waals surface area contributed by atoms with E-state index in [0.717, 1.165) is 35.1 Å². The summed E-state index contributed by atoms with van der Waals surface area (Å²) in [5, 5.41) is 5.71. The summed E-state index contributed by atoms with van der Waals surface area (Å²) in [5.41, 5.74) is 2.34. The first-order valence-corrected chi connectivity index (χ1v) is 10.8. The zero-order valence-electron chi connectivity index (χ0n) is 17.9. The molecule has 1 atom stereocenters. The van der Waals surface area contributed by atoms with E-state index in [1.807, 2.05) is 16.8 Å². The largest absolute Gasteiger partial charge is 0.454 e. The van der Waals surface area contributed by atoms with Gasteiger partial charge in [-0.15, -0.1) is 0 Å². The van der Waals surface area contributed by atoms with Gasteiger partial charge in [-0.1, -0.05) is 18.7 Å². The molecule has 166 valence electrons. The smallest absolute Gasteiger partial charge is 0.246 e. The van der Waals surface area contributed by atoms with Crippen molar-refractivity contribution in [2.45, 2.75) is 18.9 Å². The Balaban J connectivity index is 1.46. The molecule has 0 bridgehead atoms. The summed E-state index contributed by atoms with van der Waals surface area (Å²) < 4.78 is 21.5. The predicted octanol–water partition coefficient (Wildman–Crippen LogP) is 4.77. The molecule has 0 unspecified atom stereocenters. The van der Waals surface area contributed by atoms with Crippen LogP contribution in [0.5, 0.6) is 11.5 Å². The van der Waals surface area contributed by atoms with Gasteiger partial charge in [0.1, 0.15) is 17.8 Å². The number of hydrogen-bond acceptors (Lipinski definition) is 5. The lowest BCUT2D eigenvalue weighted by Crippen LogP contribution is -2.40. The normalized spacial score (nSPS) is 16.0. The zero-order chi connectivity index (χ0) is 22.8. The second kappa shape index (κ2) is 8.82. The summed E-state index contributed by atoms with van der Waals surface area (Å²) in [4.78, 5) is 22.6. The van der Waals surface area contributed by atoms with Crippen molar-refractivity contribution in [3.05, 3.63) is 79.5 Å². The van der Waals surface area contributed by atoms with Crippen LogP contribution in [0.1, 0.15) is 18.9 Å². The Morgan fingerprint density at radius 2 is 2.00 bits per heavy atom. The number of aromatic nitrogens is 4. The van der Waals surface area contributed by atoms with Crippen molar-refractivity contribution in [3.8, 4) is 22.8 Å². The number of carbonyl (C=O) groups is 1. The van der Waals surface area contributed by atoms with Gasteiger partial charge in [-0.25, -0.2) is 19.0 Å². The molecule has 7 nitrogen and oxygen atoms in total. The number of amides is 1. The second-order valence-corrected chi connectivity index (χ2v) is 7.89. The lowest BCUT2D eigenvalue weighted by Gasteiger charge is -2.32. The lowest BCUT2D eigenvalue weighted by molar-refractivity contribution is -0.127. The third-order valence-electron chi connectivity index (χ3n) is 5.79. The average molecular weight is 443 g/mol. The van der Waals surface area contributed by atoms with Gasteiger partial charge < -0.3 is 9.64 Å². The van der Waals surface area contributed by atoms with Crippen LogP contribution in [-0.4, -0.2) is 43.6 Å². The SMILES string of the molecule is C=CC(=O)N1CCC[C@H](n2nc(-c3ccc(Oc4ccccc4F)cc3)c3cncnc32)C1. The summed E-state index contributed by atoms with van der Waals surface area (Å²) in [6.45, 7) is 4.87. The van der Waals surface area contributed by atoms with E-state index in [2.05, 4.69) is 16.5 Å². The Labute approximate surface area is 190 Å². The minimum absolute atomic E-state index is 0.0115. The fraction of sp³-hybridized carbons (Fsp3) is 0.200. The van der Waals surface area contributed by atoms with E-state index >= 15 is 0 Å². The molecule has 1 fully saturated rings. The molecule has 5 rings (SSSR count). The minimum atomic E-state index is -0.417. The molecule has 4 aromatic rings. The molecule has 0 saturated carbocycles. The van der Waals surface area contributed by atoms with Crippen LogP contribution in [0, 0.1) is 5.82 Å². The quantitative estimate of drug-likeness (QED) is 0.415.